The van der Waals surface area contributed by atoms with Gasteiger partial charge < -0.3 is 10.1 Å². The molecule has 0 aliphatic rings. The zero-order valence-corrected chi connectivity index (χ0v) is 14.6. The molecule has 0 bridgehead atoms. The lowest BCUT2D eigenvalue weighted by Gasteiger charge is -2.23. The molecule has 1 unspecified atom stereocenters. The van der Waals surface area contributed by atoms with E-state index < -0.39 is 0 Å². The van der Waals surface area contributed by atoms with Gasteiger partial charge in [-0.3, -0.25) is 0 Å². The molecule has 2 rings (SSSR count). The zero-order valence-electron chi connectivity index (χ0n) is 13.0. The second-order valence-corrected chi connectivity index (χ2v) is 6.23. The summed E-state index contributed by atoms with van der Waals surface area (Å²) in [6.45, 7) is 6.24. The third-order valence-electron chi connectivity index (χ3n) is 3.50. The van der Waals surface area contributed by atoms with Gasteiger partial charge in [0.05, 0.1) is 12.1 Å². The number of halogens is 1. The number of hydrogen-bond acceptors (Lipinski definition) is 2. The Bertz CT molecular complexity index is 610. The lowest BCUT2D eigenvalue weighted by atomic mass is 9.94. The molecule has 2 nitrogen and oxygen atoms in total. The van der Waals surface area contributed by atoms with Crippen molar-refractivity contribution in [2.45, 2.75) is 32.9 Å². The van der Waals surface area contributed by atoms with Crippen LogP contribution >= 0.6 is 15.9 Å². The predicted octanol–water partition coefficient (Wildman–Crippen LogP) is 4.85. The van der Waals surface area contributed by atoms with E-state index in [1.54, 1.807) is 0 Å². The third-order valence-corrected chi connectivity index (χ3v) is 4.36. The first-order valence-electron chi connectivity index (χ1n) is 7.22. The molecule has 0 aromatic heterocycles. The first-order chi connectivity index (χ1) is 10.0. The van der Waals surface area contributed by atoms with Gasteiger partial charge in [0.2, 0.25) is 0 Å². The Balaban J connectivity index is 2.49. The van der Waals surface area contributed by atoms with Crippen molar-refractivity contribution in [3.8, 4) is 5.75 Å². The summed E-state index contributed by atoms with van der Waals surface area (Å²) in [6.07, 6.45) is 0.160. The third kappa shape index (κ3) is 3.66. The lowest BCUT2D eigenvalue weighted by molar-refractivity contribution is 0.238. The van der Waals surface area contributed by atoms with E-state index in [1.165, 1.54) is 11.1 Å². The van der Waals surface area contributed by atoms with Crippen molar-refractivity contribution >= 4 is 15.9 Å². The zero-order chi connectivity index (χ0) is 15.4. The second kappa shape index (κ2) is 7.10. The van der Waals surface area contributed by atoms with Gasteiger partial charge in [-0.05, 0) is 51.1 Å². The molecule has 1 atom stereocenters. The van der Waals surface area contributed by atoms with E-state index in [-0.39, 0.29) is 12.1 Å². The monoisotopic (exact) mass is 347 g/mol. The van der Waals surface area contributed by atoms with Crippen LogP contribution in [-0.4, -0.2) is 13.2 Å². The summed E-state index contributed by atoms with van der Waals surface area (Å²) in [4.78, 5) is 0. The number of nitrogens with one attached hydrogen (secondary N) is 1. The number of para-hydroxylation sites is 1. The number of ether oxygens (including phenoxy) is 1. The minimum atomic E-state index is 0.109. The maximum Gasteiger partial charge on any atom is 0.124 e. The van der Waals surface area contributed by atoms with Gasteiger partial charge in [0.25, 0.3) is 0 Å². The van der Waals surface area contributed by atoms with Crippen molar-refractivity contribution < 1.29 is 4.74 Å². The van der Waals surface area contributed by atoms with E-state index in [9.17, 15) is 0 Å². The first-order valence-corrected chi connectivity index (χ1v) is 8.01. The highest BCUT2D eigenvalue weighted by molar-refractivity contribution is 9.10. The summed E-state index contributed by atoms with van der Waals surface area (Å²) in [6, 6.07) is 14.6. The second-order valence-electron chi connectivity index (χ2n) is 5.38. The molecule has 0 radical (unpaired) electrons. The van der Waals surface area contributed by atoms with Crippen LogP contribution in [0.2, 0.25) is 0 Å². The maximum absolute atomic E-state index is 5.97. The normalized spacial score (nSPS) is 12.5. The first kappa shape index (κ1) is 16.1. The molecule has 0 fully saturated rings. The van der Waals surface area contributed by atoms with Crippen molar-refractivity contribution in [3.05, 3.63) is 63.6 Å². The topological polar surface area (TPSA) is 21.3 Å². The smallest absolute Gasteiger partial charge is 0.124 e. The fourth-order valence-corrected chi connectivity index (χ4v) is 2.88. The minimum absolute atomic E-state index is 0.109. The summed E-state index contributed by atoms with van der Waals surface area (Å²) >= 11 is 3.62. The van der Waals surface area contributed by atoms with Crippen molar-refractivity contribution in [2.75, 3.05) is 7.05 Å². The Morgan fingerprint density at radius 1 is 1.00 bits per heavy atom. The van der Waals surface area contributed by atoms with Crippen LogP contribution in [0.25, 0.3) is 0 Å². The van der Waals surface area contributed by atoms with Gasteiger partial charge >= 0.3 is 0 Å². The van der Waals surface area contributed by atoms with E-state index in [0.29, 0.717) is 0 Å². The molecule has 112 valence electrons. The average molecular weight is 348 g/mol. The van der Waals surface area contributed by atoms with E-state index in [4.69, 9.17) is 4.74 Å². The van der Waals surface area contributed by atoms with Crippen LogP contribution < -0.4 is 10.1 Å². The summed E-state index contributed by atoms with van der Waals surface area (Å²) in [7, 11) is 1.98. The van der Waals surface area contributed by atoms with Crippen molar-refractivity contribution in [1.29, 1.82) is 0 Å². The fourth-order valence-electron chi connectivity index (χ4n) is 2.50. The molecule has 3 heteroatoms. The molecule has 21 heavy (non-hydrogen) atoms. The van der Waals surface area contributed by atoms with Crippen molar-refractivity contribution in [2.24, 2.45) is 0 Å². The van der Waals surface area contributed by atoms with E-state index in [1.807, 2.05) is 19.2 Å². The van der Waals surface area contributed by atoms with Crippen LogP contribution in [-0.2, 0) is 0 Å². The highest BCUT2D eigenvalue weighted by Gasteiger charge is 2.19. The SMILES string of the molecule is CNC(c1ccccc1OC(C)C)c1cccc(Br)c1C. The molecule has 2 aromatic rings. The summed E-state index contributed by atoms with van der Waals surface area (Å²) in [5, 5.41) is 3.42. The molecule has 0 amide bonds. The Hall–Kier alpha value is -1.32. The van der Waals surface area contributed by atoms with E-state index in [0.717, 1.165) is 15.8 Å². The van der Waals surface area contributed by atoms with Gasteiger partial charge in [-0.25, -0.2) is 0 Å². The number of hydrogen-bond donors (Lipinski definition) is 1. The van der Waals surface area contributed by atoms with E-state index >= 15 is 0 Å². The van der Waals surface area contributed by atoms with Crippen molar-refractivity contribution in [3.63, 3.8) is 0 Å². The highest BCUT2D eigenvalue weighted by Crippen LogP contribution is 2.33. The van der Waals surface area contributed by atoms with Crippen LogP contribution in [0, 0.1) is 6.92 Å². The quantitative estimate of drug-likeness (QED) is 0.834. The molecular weight excluding hydrogens is 326 g/mol. The Morgan fingerprint density at radius 3 is 2.33 bits per heavy atom. The summed E-state index contributed by atoms with van der Waals surface area (Å²) in [5.74, 6) is 0.936. The minimum Gasteiger partial charge on any atom is -0.491 e. The molecule has 0 aliphatic carbocycles. The van der Waals surface area contributed by atoms with Gasteiger partial charge in [0, 0.05) is 10.0 Å². The largest absolute Gasteiger partial charge is 0.491 e. The highest BCUT2D eigenvalue weighted by atomic mass is 79.9. The Morgan fingerprint density at radius 2 is 1.67 bits per heavy atom. The molecule has 0 saturated heterocycles. The van der Waals surface area contributed by atoms with Crippen LogP contribution in [0.4, 0.5) is 0 Å². The number of benzene rings is 2. The molecule has 0 spiro atoms. The standard InChI is InChI=1S/C18H22BrNO/c1-12(2)21-17-11-6-5-8-15(17)18(20-4)14-9-7-10-16(19)13(14)3/h5-12,18,20H,1-4H3. The van der Waals surface area contributed by atoms with Gasteiger partial charge in [0.15, 0.2) is 0 Å². The Labute approximate surface area is 135 Å². The van der Waals surface area contributed by atoms with Crippen LogP contribution in [0.3, 0.4) is 0 Å². The van der Waals surface area contributed by atoms with Gasteiger partial charge in [-0.15, -0.1) is 0 Å². The van der Waals surface area contributed by atoms with Gasteiger partial charge in [-0.1, -0.05) is 46.3 Å². The summed E-state index contributed by atoms with van der Waals surface area (Å²) < 4.78 is 7.10. The molecular formula is C18H22BrNO. The van der Waals surface area contributed by atoms with Crippen LogP contribution in [0.5, 0.6) is 5.75 Å². The van der Waals surface area contributed by atoms with Gasteiger partial charge in [-0.2, -0.15) is 0 Å². The van der Waals surface area contributed by atoms with Crippen LogP contribution in [0.15, 0.2) is 46.9 Å². The summed E-state index contributed by atoms with van der Waals surface area (Å²) in [5.41, 5.74) is 3.66. The van der Waals surface area contributed by atoms with E-state index in [2.05, 4.69) is 72.3 Å². The maximum atomic E-state index is 5.97. The van der Waals surface area contributed by atoms with Gasteiger partial charge in [0.1, 0.15) is 5.75 Å². The van der Waals surface area contributed by atoms with Crippen LogP contribution in [0.1, 0.15) is 36.6 Å². The lowest BCUT2D eigenvalue weighted by Crippen LogP contribution is -2.20. The Kier molecular flexibility index (Phi) is 5.43. The number of rotatable bonds is 5. The fraction of sp³-hybridized carbons (Fsp3) is 0.333. The molecule has 1 N–H and O–H groups in total. The molecule has 0 saturated carbocycles. The molecule has 0 aliphatic heterocycles. The predicted molar refractivity (Wildman–Crippen MR) is 92.0 cm³/mol. The van der Waals surface area contributed by atoms with Crippen molar-refractivity contribution in [1.82, 2.24) is 5.32 Å². The molecule has 2 aromatic carbocycles. The average Bonchev–Trinajstić information content (AvgIpc) is 2.45. The molecule has 0 heterocycles.